The lowest BCUT2D eigenvalue weighted by Gasteiger charge is -2.32. The van der Waals surface area contributed by atoms with Crippen LogP contribution in [0.2, 0.25) is 0 Å². The van der Waals surface area contributed by atoms with Crippen LogP contribution in [0.3, 0.4) is 0 Å². The van der Waals surface area contributed by atoms with Gasteiger partial charge in [-0.3, -0.25) is 9.78 Å². The monoisotopic (exact) mass is 381 g/mol. The summed E-state index contributed by atoms with van der Waals surface area (Å²) in [5.74, 6) is 0.722. The van der Waals surface area contributed by atoms with Crippen LogP contribution in [0.15, 0.2) is 43.0 Å². The van der Waals surface area contributed by atoms with Crippen LogP contribution in [0.1, 0.15) is 23.2 Å². The third-order valence-electron chi connectivity index (χ3n) is 4.46. The van der Waals surface area contributed by atoms with Crippen molar-refractivity contribution in [2.24, 2.45) is 0 Å². The van der Waals surface area contributed by atoms with Gasteiger partial charge < -0.3 is 14.4 Å². The topological polar surface area (TPSA) is 108 Å². The third-order valence-corrected chi connectivity index (χ3v) is 4.46. The molecule has 3 aromatic rings. The number of amides is 1. The summed E-state index contributed by atoms with van der Waals surface area (Å²) in [6.45, 7) is 1.16. The summed E-state index contributed by atoms with van der Waals surface area (Å²) in [6.07, 6.45) is 6.08. The number of hydrogen-bond donors (Lipinski definition) is 0. The molecule has 0 N–H and O–H groups in total. The van der Waals surface area contributed by atoms with Crippen molar-refractivity contribution in [3.63, 3.8) is 0 Å². The van der Waals surface area contributed by atoms with Crippen LogP contribution in [-0.2, 0) is 0 Å². The van der Waals surface area contributed by atoms with E-state index in [0.29, 0.717) is 30.4 Å². The van der Waals surface area contributed by atoms with Gasteiger partial charge in [-0.1, -0.05) is 6.07 Å². The maximum atomic E-state index is 13.0. The van der Waals surface area contributed by atoms with Crippen molar-refractivity contribution in [3.8, 4) is 17.4 Å². The summed E-state index contributed by atoms with van der Waals surface area (Å²) in [5.41, 5.74) is 1.31. The molecule has 0 radical (unpaired) electrons. The molecule has 3 heterocycles. The molecule has 1 aliphatic heterocycles. The summed E-state index contributed by atoms with van der Waals surface area (Å²) < 4.78 is 12.5. The molecule has 1 unspecified atom stereocenters. The molecule has 144 valence electrons. The number of rotatable bonds is 5. The van der Waals surface area contributed by atoms with E-state index in [1.165, 1.54) is 24.3 Å². The number of methoxy groups -OCH3 is 1. The van der Waals surface area contributed by atoms with E-state index in [2.05, 4.69) is 25.5 Å². The molecule has 2 aromatic heterocycles. The van der Waals surface area contributed by atoms with Crippen LogP contribution >= 0.6 is 0 Å². The number of aromatic nitrogens is 6. The first-order valence-electron chi connectivity index (χ1n) is 8.88. The van der Waals surface area contributed by atoms with E-state index < -0.39 is 0 Å². The smallest absolute Gasteiger partial charge is 0.254 e. The second-order valence-corrected chi connectivity index (χ2v) is 6.34. The molecule has 10 heteroatoms. The highest BCUT2D eigenvalue weighted by atomic mass is 16.5. The Bertz CT molecular complexity index is 948. The lowest BCUT2D eigenvalue weighted by molar-refractivity contribution is 0.0525. The van der Waals surface area contributed by atoms with Gasteiger partial charge in [0.25, 0.3) is 5.91 Å². The highest BCUT2D eigenvalue weighted by molar-refractivity contribution is 5.94. The molecule has 4 rings (SSSR count). The normalized spacial score (nSPS) is 16.6. The van der Waals surface area contributed by atoms with Crippen molar-refractivity contribution in [3.05, 3.63) is 48.5 Å². The number of nitrogens with zero attached hydrogens (tertiary/aromatic N) is 7. The number of benzene rings is 1. The minimum Gasteiger partial charge on any atom is -0.480 e. The van der Waals surface area contributed by atoms with E-state index in [1.54, 1.807) is 23.2 Å². The average molecular weight is 381 g/mol. The lowest BCUT2D eigenvalue weighted by Crippen LogP contribution is -2.44. The Labute approximate surface area is 161 Å². The zero-order valence-corrected chi connectivity index (χ0v) is 15.3. The molecule has 1 atom stereocenters. The van der Waals surface area contributed by atoms with Gasteiger partial charge in [-0.15, -0.1) is 5.10 Å². The van der Waals surface area contributed by atoms with E-state index in [0.717, 1.165) is 18.5 Å². The van der Waals surface area contributed by atoms with Gasteiger partial charge in [0.05, 0.1) is 31.7 Å². The summed E-state index contributed by atoms with van der Waals surface area (Å²) in [6, 6.07) is 7.22. The molecule has 0 spiro atoms. The third kappa shape index (κ3) is 3.90. The van der Waals surface area contributed by atoms with Gasteiger partial charge in [-0.05, 0) is 41.5 Å². The van der Waals surface area contributed by atoms with Gasteiger partial charge >= 0.3 is 0 Å². The zero-order chi connectivity index (χ0) is 19.3. The van der Waals surface area contributed by atoms with Crippen molar-refractivity contribution in [1.82, 2.24) is 35.1 Å². The van der Waals surface area contributed by atoms with Crippen LogP contribution in [-0.4, -0.2) is 67.3 Å². The Hall–Kier alpha value is -3.56. The van der Waals surface area contributed by atoms with Gasteiger partial charge in [-0.2, -0.15) is 4.98 Å². The number of likely N-dealkylation sites (tertiary alicyclic amines) is 1. The number of carbonyl (C=O) groups excluding carboxylic acids is 1. The first kappa shape index (κ1) is 17.8. The molecule has 1 aliphatic rings. The standard InChI is InChI=1S/C18H19N7O3/c1-27-16-9-19-10-17(21-16)28-15-6-3-7-24(11-15)18(26)13-4-2-5-14(8-13)25-12-20-22-23-25/h2,4-5,8-10,12,15H,3,6-7,11H2,1H3. The number of tetrazole rings is 1. The van der Waals surface area contributed by atoms with Crippen LogP contribution in [0, 0.1) is 0 Å². The summed E-state index contributed by atoms with van der Waals surface area (Å²) in [7, 11) is 1.53. The van der Waals surface area contributed by atoms with Gasteiger partial charge in [0.2, 0.25) is 11.8 Å². The largest absolute Gasteiger partial charge is 0.480 e. The molecular weight excluding hydrogens is 362 g/mol. The molecule has 28 heavy (non-hydrogen) atoms. The Morgan fingerprint density at radius 1 is 1.25 bits per heavy atom. The number of hydrogen-bond acceptors (Lipinski definition) is 8. The van der Waals surface area contributed by atoms with Crippen LogP contribution in [0.25, 0.3) is 5.69 Å². The van der Waals surface area contributed by atoms with Crippen molar-refractivity contribution in [2.75, 3.05) is 20.2 Å². The summed E-state index contributed by atoms with van der Waals surface area (Å²) in [4.78, 5) is 23.0. The minimum absolute atomic E-state index is 0.0556. The Balaban J connectivity index is 1.45. The fourth-order valence-corrected chi connectivity index (χ4v) is 3.12. The SMILES string of the molecule is COc1cncc(OC2CCCN(C(=O)c3cccc(-n4cnnn4)c3)C2)n1. The molecule has 1 amide bonds. The molecular formula is C18H19N7O3. The Morgan fingerprint density at radius 2 is 2.14 bits per heavy atom. The van der Waals surface area contributed by atoms with Gasteiger partial charge in [0.15, 0.2) is 0 Å². The van der Waals surface area contributed by atoms with E-state index >= 15 is 0 Å². The quantitative estimate of drug-likeness (QED) is 0.647. The van der Waals surface area contributed by atoms with Gasteiger partial charge in [0.1, 0.15) is 12.4 Å². The number of ether oxygens (including phenoxy) is 2. The van der Waals surface area contributed by atoms with Crippen molar-refractivity contribution in [1.29, 1.82) is 0 Å². The summed E-state index contributed by atoms with van der Waals surface area (Å²) >= 11 is 0. The van der Waals surface area contributed by atoms with E-state index in [9.17, 15) is 4.79 Å². The molecule has 1 saturated heterocycles. The molecule has 1 fully saturated rings. The first-order valence-corrected chi connectivity index (χ1v) is 8.88. The van der Waals surface area contributed by atoms with Crippen molar-refractivity contribution in [2.45, 2.75) is 18.9 Å². The second kappa shape index (κ2) is 7.99. The minimum atomic E-state index is -0.151. The molecule has 0 aliphatic carbocycles. The van der Waals surface area contributed by atoms with Crippen molar-refractivity contribution >= 4 is 5.91 Å². The molecule has 0 saturated carbocycles. The maximum absolute atomic E-state index is 13.0. The first-order chi connectivity index (χ1) is 13.7. The second-order valence-electron chi connectivity index (χ2n) is 6.34. The average Bonchev–Trinajstić information content (AvgIpc) is 3.29. The van der Waals surface area contributed by atoms with Crippen molar-refractivity contribution < 1.29 is 14.3 Å². The van der Waals surface area contributed by atoms with E-state index in [4.69, 9.17) is 9.47 Å². The van der Waals surface area contributed by atoms with Gasteiger partial charge in [-0.25, -0.2) is 4.68 Å². The van der Waals surface area contributed by atoms with E-state index in [1.807, 2.05) is 12.1 Å². The van der Waals surface area contributed by atoms with Crippen LogP contribution < -0.4 is 9.47 Å². The predicted molar refractivity (Wildman–Crippen MR) is 97.3 cm³/mol. The van der Waals surface area contributed by atoms with Crippen LogP contribution in [0.5, 0.6) is 11.8 Å². The van der Waals surface area contributed by atoms with Crippen LogP contribution in [0.4, 0.5) is 0 Å². The Kier molecular flexibility index (Phi) is 5.09. The lowest BCUT2D eigenvalue weighted by atomic mass is 10.1. The number of piperidine rings is 1. The van der Waals surface area contributed by atoms with Gasteiger partial charge in [0, 0.05) is 12.1 Å². The number of carbonyl (C=O) groups is 1. The fraction of sp³-hybridized carbons (Fsp3) is 0.333. The highest BCUT2D eigenvalue weighted by Gasteiger charge is 2.26. The predicted octanol–water partition coefficient (Wildman–Crippen LogP) is 1.14. The zero-order valence-electron chi connectivity index (χ0n) is 15.3. The Morgan fingerprint density at radius 3 is 2.96 bits per heavy atom. The maximum Gasteiger partial charge on any atom is 0.254 e. The molecule has 0 bridgehead atoms. The molecule has 10 nitrogen and oxygen atoms in total. The van der Waals surface area contributed by atoms with E-state index in [-0.39, 0.29) is 12.0 Å². The fourth-order valence-electron chi connectivity index (χ4n) is 3.12. The highest BCUT2D eigenvalue weighted by Crippen LogP contribution is 2.20. The summed E-state index contributed by atoms with van der Waals surface area (Å²) in [5, 5.41) is 11.1. The molecule has 1 aromatic carbocycles.